The van der Waals surface area contributed by atoms with Gasteiger partial charge in [-0.1, -0.05) is 29.8 Å². The zero-order valence-corrected chi connectivity index (χ0v) is 19.3. The number of rotatable bonds is 6. The van der Waals surface area contributed by atoms with Gasteiger partial charge in [-0.2, -0.15) is 0 Å². The van der Waals surface area contributed by atoms with E-state index in [1.54, 1.807) is 24.3 Å². The van der Waals surface area contributed by atoms with Gasteiger partial charge in [0.05, 0.1) is 10.6 Å². The van der Waals surface area contributed by atoms with Gasteiger partial charge in [-0.3, -0.25) is 29.9 Å². The van der Waals surface area contributed by atoms with Crippen molar-refractivity contribution in [3.05, 3.63) is 104 Å². The van der Waals surface area contributed by atoms with E-state index < -0.39 is 22.6 Å². The quantitative estimate of drug-likeness (QED) is 0.168. The molecular weight excluding hydrogens is 497 g/mol. The molecule has 0 aliphatic carbocycles. The van der Waals surface area contributed by atoms with Crippen LogP contribution in [0, 0.1) is 15.9 Å². The van der Waals surface area contributed by atoms with E-state index in [9.17, 15) is 24.1 Å². The molecule has 0 aromatic heterocycles. The Bertz CT molecular complexity index is 1380. The predicted molar refractivity (Wildman–Crippen MR) is 131 cm³/mol. The lowest BCUT2D eigenvalue weighted by atomic mass is 10.1. The normalized spacial score (nSPS) is 14.7. The van der Waals surface area contributed by atoms with Gasteiger partial charge in [-0.15, -0.1) is 0 Å². The maximum Gasteiger partial charge on any atom is 0.311 e. The van der Waals surface area contributed by atoms with Crippen LogP contribution >= 0.6 is 23.8 Å². The molecule has 0 saturated carbocycles. The molecule has 4 rings (SSSR count). The van der Waals surface area contributed by atoms with Crippen LogP contribution in [0.4, 0.5) is 15.8 Å². The zero-order chi connectivity index (χ0) is 25.1. The zero-order valence-electron chi connectivity index (χ0n) is 17.7. The second-order valence-electron chi connectivity index (χ2n) is 7.33. The number of nitro groups is 1. The lowest BCUT2D eigenvalue weighted by Gasteiger charge is -2.28. The Balaban J connectivity index is 1.62. The highest BCUT2D eigenvalue weighted by molar-refractivity contribution is 7.80. The van der Waals surface area contributed by atoms with Crippen molar-refractivity contribution in [2.45, 2.75) is 6.61 Å². The fourth-order valence-corrected chi connectivity index (χ4v) is 3.69. The largest absolute Gasteiger partial charge is 0.482 e. The number of halogens is 2. The average molecular weight is 512 g/mol. The Labute approximate surface area is 208 Å². The molecule has 0 bridgehead atoms. The summed E-state index contributed by atoms with van der Waals surface area (Å²) in [6, 6.07) is 15.8. The number of amides is 2. The van der Waals surface area contributed by atoms with E-state index in [1.807, 2.05) is 0 Å². The number of thiocarbonyl (C=S) groups is 1. The number of ether oxygens (including phenoxy) is 1. The van der Waals surface area contributed by atoms with E-state index in [0.29, 0.717) is 16.3 Å². The number of nitrogens with zero attached hydrogens (tertiary/aromatic N) is 2. The topological polar surface area (TPSA) is 102 Å². The number of benzene rings is 3. The standard InChI is InChI=1S/C24H15ClFN3O5S/c25-16-4-8-18(9-5-16)28-23(31)19(22(30)27-24(28)35)11-15-3-10-21(20(12-15)29(32)33)34-13-14-1-6-17(26)7-2-14/h1-12H,13H2,(H,27,30,35). The Morgan fingerprint density at radius 1 is 1.09 bits per heavy atom. The second kappa shape index (κ2) is 10.00. The molecule has 0 radical (unpaired) electrons. The van der Waals surface area contributed by atoms with Crippen LogP contribution in [0.15, 0.2) is 72.3 Å². The summed E-state index contributed by atoms with van der Waals surface area (Å²) < 4.78 is 18.6. The van der Waals surface area contributed by atoms with Crippen molar-refractivity contribution >= 4 is 58.2 Å². The molecule has 0 unspecified atom stereocenters. The monoisotopic (exact) mass is 511 g/mol. The Morgan fingerprint density at radius 2 is 1.77 bits per heavy atom. The summed E-state index contributed by atoms with van der Waals surface area (Å²) in [5.41, 5.74) is 0.617. The number of nitrogens with one attached hydrogen (secondary N) is 1. The van der Waals surface area contributed by atoms with Crippen LogP contribution in [0.1, 0.15) is 11.1 Å². The molecule has 176 valence electrons. The number of hydrogen-bond acceptors (Lipinski definition) is 6. The van der Waals surface area contributed by atoms with Gasteiger partial charge >= 0.3 is 5.69 Å². The van der Waals surface area contributed by atoms with Gasteiger partial charge in [0.2, 0.25) is 0 Å². The van der Waals surface area contributed by atoms with Crippen molar-refractivity contribution < 1.29 is 23.6 Å². The first kappa shape index (κ1) is 24.0. The van der Waals surface area contributed by atoms with E-state index in [-0.39, 0.29) is 34.3 Å². The molecule has 0 atom stereocenters. The third-order valence-corrected chi connectivity index (χ3v) is 5.52. The summed E-state index contributed by atoms with van der Waals surface area (Å²) in [6.45, 7) is -0.0179. The molecule has 1 heterocycles. The average Bonchev–Trinajstić information content (AvgIpc) is 2.82. The van der Waals surface area contributed by atoms with Gasteiger partial charge in [0.25, 0.3) is 11.8 Å². The van der Waals surface area contributed by atoms with Gasteiger partial charge in [-0.25, -0.2) is 4.39 Å². The molecule has 1 N–H and O–H groups in total. The highest BCUT2D eigenvalue weighted by atomic mass is 35.5. The van der Waals surface area contributed by atoms with Gasteiger partial charge in [0, 0.05) is 11.1 Å². The van der Waals surface area contributed by atoms with Crippen LogP contribution in [0.3, 0.4) is 0 Å². The van der Waals surface area contributed by atoms with Crippen molar-refractivity contribution in [1.29, 1.82) is 0 Å². The van der Waals surface area contributed by atoms with E-state index in [0.717, 1.165) is 4.90 Å². The van der Waals surface area contributed by atoms with Crippen LogP contribution in [-0.4, -0.2) is 21.9 Å². The fraction of sp³-hybridized carbons (Fsp3) is 0.0417. The maximum atomic E-state index is 13.1. The van der Waals surface area contributed by atoms with E-state index >= 15 is 0 Å². The van der Waals surface area contributed by atoms with Crippen molar-refractivity contribution in [3.8, 4) is 5.75 Å². The van der Waals surface area contributed by atoms with Crippen LogP contribution in [0.25, 0.3) is 6.08 Å². The smallest absolute Gasteiger partial charge is 0.311 e. The van der Waals surface area contributed by atoms with Crippen molar-refractivity contribution in [2.75, 3.05) is 4.90 Å². The molecule has 0 spiro atoms. The first-order valence-electron chi connectivity index (χ1n) is 10.1. The van der Waals surface area contributed by atoms with Crippen LogP contribution in [0.5, 0.6) is 5.75 Å². The molecule has 1 aliphatic rings. The molecule has 8 nitrogen and oxygen atoms in total. The number of carbonyl (C=O) groups is 2. The maximum absolute atomic E-state index is 13.1. The minimum absolute atomic E-state index is 0.0179. The molecule has 11 heteroatoms. The van der Waals surface area contributed by atoms with Gasteiger partial charge in [0.15, 0.2) is 10.9 Å². The summed E-state index contributed by atoms with van der Waals surface area (Å²) in [7, 11) is 0. The highest BCUT2D eigenvalue weighted by Crippen LogP contribution is 2.30. The van der Waals surface area contributed by atoms with Crippen LogP contribution in [0.2, 0.25) is 5.02 Å². The first-order valence-corrected chi connectivity index (χ1v) is 10.8. The Hall–Kier alpha value is -4.15. The molecule has 1 aliphatic heterocycles. The van der Waals surface area contributed by atoms with Gasteiger partial charge in [0.1, 0.15) is 18.0 Å². The SMILES string of the molecule is O=C1NC(=S)N(c2ccc(Cl)cc2)C(=O)C1=Cc1ccc(OCc2ccc(F)cc2)c([N+](=O)[O-])c1. The molecule has 3 aromatic rings. The van der Waals surface area contributed by atoms with Crippen molar-refractivity contribution in [3.63, 3.8) is 0 Å². The number of anilines is 1. The predicted octanol–water partition coefficient (Wildman–Crippen LogP) is 4.80. The molecule has 1 saturated heterocycles. The molecule has 35 heavy (non-hydrogen) atoms. The third kappa shape index (κ3) is 5.34. The molecular formula is C24H15ClFN3O5S. The molecule has 3 aromatic carbocycles. The van der Waals surface area contributed by atoms with Crippen LogP contribution in [-0.2, 0) is 16.2 Å². The first-order chi connectivity index (χ1) is 16.7. The highest BCUT2D eigenvalue weighted by Gasteiger charge is 2.34. The molecule has 1 fully saturated rings. The summed E-state index contributed by atoms with van der Waals surface area (Å²) >= 11 is 11.0. The number of carbonyl (C=O) groups excluding carboxylic acids is 2. The number of hydrogen-bond donors (Lipinski definition) is 1. The lowest BCUT2D eigenvalue weighted by Crippen LogP contribution is -2.54. The second-order valence-corrected chi connectivity index (χ2v) is 8.16. The van der Waals surface area contributed by atoms with E-state index in [4.69, 9.17) is 28.6 Å². The summed E-state index contributed by atoms with van der Waals surface area (Å²) in [5, 5.41) is 14.4. The van der Waals surface area contributed by atoms with E-state index in [1.165, 1.54) is 48.5 Å². The third-order valence-electron chi connectivity index (χ3n) is 4.98. The molecule has 2 amide bonds. The fourth-order valence-electron chi connectivity index (χ4n) is 3.28. The lowest BCUT2D eigenvalue weighted by molar-refractivity contribution is -0.386. The van der Waals surface area contributed by atoms with Gasteiger partial charge in [-0.05, 0) is 71.9 Å². The summed E-state index contributed by atoms with van der Waals surface area (Å²) in [6.07, 6.45) is 1.24. The van der Waals surface area contributed by atoms with Crippen molar-refractivity contribution in [2.24, 2.45) is 0 Å². The summed E-state index contributed by atoms with van der Waals surface area (Å²) in [5.74, 6) is -1.86. The Morgan fingerprint density at radius 3 is 2.43 bits per heavy atom. The minimum atomic E-state index is -0.732. The Kier molecular flexibility index (Phi) is 6.85. The number of nitro benzene ring substituents is 1. The van der Waals surface area contributed by atoms with Gasteiger partial charge < -0.3 is 4.74 Å². The van der Waals surface area contributed by atoms with Crippen LogP contribution < -0.4 is 15.0 Å². The summed E-state index contributed by atoms with van der Waals surface area (Å²) in [4.78, 5) is 37.7. The minimum Gasteiger partial charge on any atom is -0.482 e. The van der Waals surface area contributed by atoms with Crippen molar-refractivity contribution in [1.82, 2.24) is 5.32 Å². The van der Waals surface area contributed by atoms with E-state index in [2.05, 4.69) is 5.32 Å².